The van der Waals surface area contributed by atoms with Crippen LogP contribution in [0.3, 0.4) is 0 Å². The molecule has 0 aliphatic carbocycles. The summed E-state index contributed by atoms with van der Waals surface area (Å²) in [5.74, 6) is 0.746. The minimum Gasteiger partial charge on any atom is -0.497 e. The second kappa shape index (κ2) is 5.95. The molecule has 0 aliphatic heterocycles. The second-order valence-electron chi connectivity index (χ2n) is 4.29. The lowest BCUT2D eigenvalue weighted by molar-refractivity contribution is 0.218. The molecular formula is C15H14BrClO2. The van der Waals surface area contributed by atoms with Crippen molar-refractivity contribution in [2.24, 2.45) is 0 Å². The summed E-state index contributed by atoms with van der Waals surface area (Å²) in [5, 5.41) is 11.2. The Morgan fingerprint density at radius 3 is 2.42 bits per heavy atom. The van der Waals surface area contributed by atoms with Crippen molar-refractivity contribution < 1.29 is 9.84 Å². The average molecular weight is 342 g/mol. The number of aliphatic hydroxyl groups excluding tert-OH is 1. The van der Waals surface area contributed by atoms with Crippen molar-refractivity contribution in [3.8, 4) is 5.75 Å². The van der Waals surface area contributed by atoms with Gasteiger partial charge in [0.05, 0.1) is 7.11 Å². The van der Waals surface area contributed by atoms with Crippen LogP contribution in [-0.2, 0) is 0 Å². The van der Waals surface area contributed by atoms with Gasteiger partial charge >= 0.3 is 0 Å². The summed E-state index contributed by atoms with van der Waals surface area (Å²) in [7, 11) is 1.61. The van der Waals surface area contributed by atoms with Crippen molar-refractivity contribution in [1.82, 2.24) is 0 Å². The molecule has 0 saturated carbocycles. The van der Waals surface area contributed by atoms with Crippen molar-refractivity contribution in [2.45, 2.75) is 13.0 Å². The molecule has 0 amide bonds. The molecule has 2 aromatic rings. The van der Waals surface area contributed by atoms with E-state index >= 15 is 0 Å². The molecule has 0 fully saturated rings. The zero-order chi connectivity index (χ0) is 14.0. The van der Waals surface area contributed by atoms with E-state index in [1.165, 1.54) is 0 Å². The molecular weight excluding hydrogens is 328 g/mol. The number of methoxy groups -OCH3 is 1. The van der Waals surface area contributed by atoms with E-state index in [0.29, 0.717) is 5.02 Å². The highest BCUT2D eigenvalue weighted by Gasteiger charge is 2.16. The highest BCUT2D eigenvalue weighted by atomic mass is 79.9. The largest absolute Gasteiger partial charge is 0.497 e. The van der Waals surface area contributed by atoms with Crippen LogP contribution in [0.1, 0.15) is 22.8 Å². The normalized spacial score (nSPS) is 12.3. The third-order valence-corrected chi connectivity index (χ3v) is 3.95. The molecule has 0 aliphatic rings. The molecule has 19 heavy (non-hydrogen) atoms. The van der Waals surface area contributed by atoms with Crippen LogP contribution >= 0.6 is 27.5 Å². The van der Waals surface area contributed by atoms with Crippen molar-refractivity contribution in [3.63, 3.8) is 0 Å². The highest BCUT2D eigenvalue weighted by Crippen LogP contribution is 2.33. The third-order valence-electron chi connectivity index (χ3n) is 3.03. The predicted molar refractivity (Wildman–Crippen MR) is 80.9 cm³/mol. The Balaban J connectivity index is 2.41. The van der Waals surface area contributed by atoms with E-state index in [1.807, 2.05) is 37.3 Å². The standard InChI is InChI=1S/C15H14BrClO2/c1-9-7-10(17)3-5-12(9)15(18)13-6-4-11(19-2)8-14(13)16/h3-8,15,18H,1-2H3. The number of hydrogen-bond acceptors (Lipinski definition) is 2. The number of hydrogen-bond donors (Lipinski definition) is 1. The van der Waals surface area contributed by atoms with Crippen molar-refractivity contribution in [1.29, 1.82) is 0 Å². The molecule has 0 heterocycles. The van der Waals surface area contributed by atoms with Gasteiger partial charge in [-0.2, -0.15) is 0 Å². The van der Waals surface area contributed by atoms with E-state index in [9.17, 15) is 5.11 Å². The first-order valence-corrected chi connectivity index (χ1v) is 6.97. The van der Waals surface area contributed by atoms with Crippen molar-refractivity contribution >= 4 is 27.5 Å². The van der Waals surface area contributed by atoms with Crippen LogP contribution < -0.4 is 4.74 Å². The maximum Gasteiger partial charge on any atom is 0.120 e. The Kier molecular flexibility index (Phi) is 4.50. The first-order chi connectivity index (χ1) is 9.02. The third kappa shape index (κ3) is 3.11. The lowest BCUT2D eigenvalue weighted by atomic mass is 9.97. The monoisotopic (exact) mass is 340 g/mol. The Morgan fingerprint density at radius 2 is 1.84 bits per heavy atom. The van der Waals surface area contributed by atoms with E-state index in [-0.39, 0.29) is 0 Å². The van der Waals surface area contributed by atoms with E-state index in [4.69, 9.17) is 16.3 Å². The van der Waals surface area contributed by atoms with Crippen LogP contribution in [0.2, 0.25) is 5.02 Å². The molecule has 2 rings (SSSR count). The fraction of sp³-hybridized carbons (Fsp3) is 0.200. The summed E-state index contributed by atoms with van der Waals surface area (Å²) in [6.07, 6.45) is -0.697. The number of aliphatic hydroxyl groups is 1. The average Bonchev–Trinajstić information content (AvgIpc) is 2.37. The van der Waals surface area contributed by atoms with Gasteiger partial charge in [-0.15, -0.1) is 0 Å². The molecule has 0 saturated heterocycles. The van der Waals surface area contributed by atoms with Gasteiger partial charge in [-0.3, -0.25) is 0 Å². The second-order valence-corrected chi connectivity index (χ2v) is 5.58. The molecule has 0 aromatic heterocycles. The summed E-state index contributed by atoms with van der Waals surface area (Å²) in [6, 6.07) is 11.0. The molecule has 4 heteroatoms. The smallest absolute Gasteiger partial charge is 0.120 e. The maximum absolute atomic E-state index is 10.5. The molecule has 0 radical (unpaired) electrons. The molecule has 2 aromatic carbocycles. The number of ether oxygens (including phenoxy) is 1. The molecule has 1 unspecified atom stereocenters. The SMILES string of the molecule is COc1ccc(C(O)c2ccc(Cl)cc2C)c(Br)c1. The Morgan fingerprint density at radius 1 is 1.16 bits per heavy atom. The summed E-state index contributed by atoms with van der Waals surface area (Å²) < 4.78 is 5.96. The lowest BCUT2D eigenvalue weighted by Gasteiger charge is -2.16. The van der Waals surface area contributed by atoms with Crippen LogP contribution in [0.25, 0.3) is 0 Å². The topological polar surface area (TPSA) is 29.5 Å². The number of halogens is 2. The zero-order valence-electron chi connectivity index (χ0n) is 10.7. The lowest BCUT2D eigenvalue weighted by Crippen LogP contribution is -2.03. The number of aryl methyl sites for hydroxylation is 1. The fourth-order valence-electron chi connectivity index (χ4n) is 1.97. The van der Waals surface area contributed by atoms with Gasteiger partial charge in [0, 0.05) is 9.50 Å². The van der Waals surface area contributed by atoms with Crippen molar-refractivity contribution in [2.75, 3.05) is 7.11 Å². The highest BCUT2D eigenvalue weighted by molar-refractivity contribution is 9.10. The van der Waals surface area contributed by atoms with E-state index < -0.39 is 6.10 Å². The Labute approximate surface area is 126 Å². The quantitative estimate of drug-likeness (QED) is 0.890. The van der Waals surface area contributed by atoms with Gasteiger partial charge in [-0.05, 0) is 47.9 Å². The van der Waals surface area contributed by atoms with Crippen molar-refractivity contribution in [3.05, 3.63) is 62.6 Å². The van der Waals surface area contributed by atoms with Crippen LogP contribution in [0, 0.1) is 6.92 Å². The van der Waals surface area contributed by atoms with Gasteiger partial charge in [0.1, 0.15) is 11.9 Å². The molecule has 1 N–H and O–H groups in total. The molecule has 2 nitrogen and oxygen atoms in total. The van der Waals surface area contributed by atoms with Gasteiger partial charge in [0.15, 0.2) is 0 Å². The minimum atomic E-state index is -0.697. The van der Waals surface area contributed by atoms with Gasteiger partial charge in [0.25, 0.3) is 0 Å². The number of rotatable bonds is 3. The first-order valence-electron chi connectivity index (χ1n) is 5.80. The Hall–Kier alpha value is -1.03. The van der Waals surface area contributed by atoms with E-state index in [2.05, 4.69) is 15.9 Å². The molecule has 0 spiro atoms. The fourth-order valence-corrected chi connectivity index (χ4v) is 2.77. The van der Waals surface area contributed by atoms with Gasteiger partial charge in [0.2, 0.25) is 0 Å². The maximum atomic E-state index is 10.5. The predicted octanol–water partition coefficient (Wildman–Crippen LogP) is 4.50. The van der Waals surface area contributed by atoms with E-state index in [1.54, 1.807) is 13.2 Å². The summed E-state index contributed by atoms with van der Waals surface area (Å²) in [6.45, 7) is 1.93. The van der Waals surface area contributed by atoms with Gasteiger partial charge in [-0.25, -0.2) is 0 Å². The van der Waals surface area contributed by atoms with Crippen LogP contribution in [-0.4, -0.2) is 12.2 Å². The minimum absolute atomic E-state index is 0.669. The number of benzene rings is 2. The summed E-state index contributed by atoms with van der Waals surface area (Å²) >= 11 is 9.39. The molecule has 100 valence electrons. The summed E-state index contributed by atoms with van der Waals surface area (Å²) in [5.41, 5.74) is 2.60. The van der Waals surface area contributed by atoms with Crippen LogP contribution in [0.15, 0.2) is 40.9 Å². The molecule has 0 bridgehead atoms. The van der Waals surface area contributed by atoms with E-state index in [0.717, 1.165) is 26.9 Å². The Bertz CT molecular complexity index is 599. The molecule has 1 atom stereocenters. The van der Waals surface area contributed by atoms with Crippen LogP contribution in [0.5, 0.6) is 5.75 Å². The first kappa shape index (κ1) is 14.4. The van der Waals surface area contributed by atoms with Crippen LogP contribution in [0.4, 0.5) is 0 Å². The zero-order valence-corrected chi connectivity index (χ0v) is 13.0. The van der Waals surface area contributed by atoms with Gasteiger partial charge in [-0.1, -0.05) is 39.7 Å². The summed E-state index contributed by atoms with van der Waals surface area (Å²) in [4.78, 5) is 0. The van der Waals surface area contributed by atoms with Gasteiger partial charge < -0.3 is 9.84 Å².